The minimum atomic E-state index is -1.24. The fourth-order valence-electron chi connectivity index (χ4n) is 2.54. The number of carboxylic acids is 1. The number of ether oxygens (including phenoxy) is 1. The number of carboxylic acid groups (broad SMARTS) is 1. The van der Waals surface area contributed by atoms with E-state index in [0.29, 0.717) is 19.5 Å². The normalized spacial score (nSPS) is 20.4. The van der Waals surface area contributed by atoms with Crippen LogP contribution in [0.3, 0.4) is 0 Å². The van der Waals surface area contributed by atoms with Gasteiger partial charge in [-0.3, -0.25) is 4.79 Å². The first-order valence-electron chi connectivity index (χ1n) is 7.02. The smallest absolute Gasteiger partial charge is 0.410 e. The predicted octanol–water partition coefficient (Wildman–Crippen LogP) is 1.86. The van der Waals surface area contributed by atoms with E-state index >= 15 is 0 Å². The molecule has 2 N–H and O–H groups in total. The van der Waals surface area contributed by atoms with Crippen molar-refractivity contribution in [3.8, 4) is 0 Å². The molecular formula is C14H25NO5. The summed E-state index contributed by atoms with van der Waals surface area (Å²) in [6.45, 7) is 7.76. The van der Waals surface area contributed by atoms with Gasteiger partial charge in [-0.2, -0.15) is 0 Å². The van der Waals surface area contributed by atoms with Crippen molar-refractivity contribution in [2.45, 2.75) is 58.2 Å². The first kappa shape index (κ1) is 16.8. The molecule has 1 saturated heterocycles. The lowest BCUT2D eigenvalue weighted by Gasteiger charge is -2.41. The fourth-order valence-corrected chi connectivity index (χ4v) is 2.54. The molecule has 0 aromatic rings. The molecular weight excluding hydrogens is 262 g/mol. The lowest BCUT2D eigenvalue weighted by molar-refractivity contribution is -0.156. The van der Waals surface area contributed by atoms with Crippen molar-refractivity contribution in [2.24, 2.45) is 5.92 Å². The Labute approximate surface area is 119 Å². The van der Waals surface area contributed by atoms with E-state index < -0.39 is 29.2 Å². The second kappa shape index (κ2) is 5.99. The van der Waals surface area contributed by atoms with Crippen LogP contribution in [0.1, 0.15) is 47.0 Å². The summed E-state index contributed by atoms with van der Waals surface area (Å²) in [5, 5.41) is 19.6. The van der Waals surface area contributed by atoms with Gasteiger partial charge in [0.1, 0.15) is 5.60 Å². The highest BCUT2D eigenvalue weighted by Gasteiger charge is 2.43. The van der Waals surface area contributed by atoms with Gasteiger partial charge in [-0.1, -0.05) is 6.92 Å². The van der Waals surface area contributed by atoms with Crippen molar-refractivity contribution in [1.29, 1.82) is 0 Å². The van der Waals surface area contributed by atoms with Gasteiger partial charge in [0.25, 0.3) is 0 Å². The quantitative estimate of drug-likeness (QED) is 0.827. The molecule has 1 heterocycles. The maximum atomic E-state index is 11.9. The van der Waals surface area contributed by atoms with E-state index in [1.807, 2.05) is 0 Å². The number of rotatable bonds is 3. The van der Waals surface area contributed by atoms with Crippen molar-refractivity contribution >= 4 is 12.1 Å². The standard InChI is InChI=1S/C14H25NO5/c1-5-10(11(16)17)14(19)6-8-15(9-7-14)12(18)20-13(2,3)4/h10,19H,5-9H2,1-4H3,(H,16,17)/t10-/m0/s1. The summed E-state index contributed by atoms with van der Waals surface area (Å²) in [5.41, 5.74) is -1.79. The van der Waals surface area contributed by atoms with Gasteiger partial charge in [-0.05, 0) is 40.0 Å². The topological polar surface area (TPSA) is 87.1 Å². The molecule has 0 aromatic carbocycles. The second-order valence-electron chi connectivity index (χ2n) is 6.37. The first-order valence-corrected chi connectivity index (χ1v) is 7.02. The molecule has 0 saturated carbocycles. The van der Waals surface area contributed by atoms with E-state index in [0.717, 1.165) is 0 Å². The third kappa shape index (κ3) is 4.10. The molecule has 6 heteroatoms. The molecule has 20 heavy (non-hydrogen) atoms. The molecule has 0 bridgehead atoms. The van der Waals surface area contributed by atoms with Gasteiger partial charge in [0, 0.05) is 13.1 Å². The average Bonchev–Trinajstić information content (AvgIpc) is 2.27. The number of hydrogen-bond donors (Lipinski definition) is 2. The second-order valence-corrected chi connectivity index (χ2v) is 6.37. The molecule has 1 amide bonds. The summed E-state index contributed by atoms with van der Waals surface area (Å²) < 4.78 is 5.27. The summed E-state index contributed by atoms with van der Waals surface area (Å²) >= 11 is 0. The van der Waals surface area contributed by atoms with Gasteiger partial charge in [0.2, 0.25) is 0 Å². The molecule has 1 aliphatic rings. The van der Waals surface area contributed by atoms with Crippen LogP contribution in [0.25, 0.3) is 0 Å². The van der Waals surface area contributed by atoms with Crippen LogP contribution in [0.4, 0.5) is 4.79 Å². The zero-order chi connectivity index (χ0) is 15.6. The number of hydrogen-bond acceptors (Lipinski definition) is 4. The molecule has 0 aliphatic carbocycles. The number of nitrogens with zero attached hydrogens (tertiary/aromatic N) is 1. The summed E-state index contributed by atoms with van der Waals surface area (Å²) in [5.74, 6) is -1.77. The molecule has 1 fully saturated rings. The summed E-state index contributed by atoms with van der Waals surface area (Å²) in [7, 11) is 0. The summed E-state index contributed by atoms with van der Waals surface area (Å²) in [6.07, 6.45) is 0.481. The first-order chi connectivity index (χ1) is 9.09. The van der Waals surface area contributed by atoms with E-state index in [-0.39, 0.29) is 12.8 Å². The Morgan fingerprint density at radius 2 is 1.80 bits per heavy atom. The van der Waals surface area contributed by atoms with Crippen molar-refractivity contribution in [1.82, 2.24) is 4.90 Å². The zero-order valence-corrected chi connectivity index (χ0v) is 12.7. The van der Waals surface area contributed by atoms with Gasteiger partial charge in [-0.25, -0.2) is 4.79 Å². The number of aliphatic hydroxyl groups is 1. The van der Waals surface area contributed by atoms with E-state index in [9.17, 15) is 14.7 Å². The van der Waals surface area contributed by atoms with Gasteiger partial charge in [0.15, 0.2) is 0 Å². The molecule has 1 atom stereocenters. The Bertz CT molecular complexity index is 366. The van der Waals surface area contributed by atoms with Crippen LogP contribution in [-0.2, 0) is 9.53 Å². The minimum absolute atomic E-state index is 0.261. The lowest BCUT2D eigenvalue weighted by Crippen LogP contribution is -2.52. The average molecular weight is 287 g/mol. The van der Waals surface area contributed by atoms with Crippen molar-refractivity contribution in [3.05, 3.63) is 0 Å². The largest absolute Gasteiger partial charge is 0.481 e. The van der Waals surface area contributed by atoms with Crippen LogP contribution in [0, 0.1) is 5.92 Å². The fraction of sp³-hybridized carbons (Fsp3) is 0.857. The molecule has 116 valence electrons. The molecule has 0 aromatic heterocycles. The van der Waals surface area contributed by atoms with Crippen LogP contribution in [-0.4, -0.2) is 51.5 Å². The third-order valence-corrected chi connectivity index (χ3v) is 3.64. The summed E-state index contributed by atoms with van der Waals surface area (Å²) in [6, 6.07) is 0. The molecule has 1 aliphatic heterocycles. The van der Waals surface area contributed by atoms with Crippen molar-refractivity contribution in [2.75, 3.05) is 13.1 Å². The van der Waals surface area contributed by atoms with Crippen LogP contribution >= 0.6 is 0 Å². The Kier molecular flexibility index (Phi) is 5.02. The molecule has 0 unspecified atom stereocenters. The minimum Gasteiger partial charge on any atom is -0.481 e. The van der Waals surface area contributed by atoms with Gasteiger partial charge >= 0.3 is 12.1 Å². The van der Waals surface area contributed by atoms with Gasteiger partial charge in [0.05, 0.1) is 11.5 Å². The number of carbonyl (C=O) groups excluding carboxylic acids is 1. The van der Waals surface area contributed by atoms with Crippen LogP contribution in [0.5, 0.6) is 0 Å². The number of aliphatic carboxylic acids is 1. The molecule has 6 nitrogen and oxygen atoms in total. The molecule has 1 rings (SSSR count). The highest BCUT2D eigenvalue weighted by Crippen LogP contribution is 2.32. The maximum Gasteiger partial charge on any atom is 0.410 e. The van der Waals surface area contributed by atoms with E-state index in [4.69, 9.17) is 9.84 Å². The SMILES string of the molecule is CC[C@@H](C(=O)O)C1(O)CCN(C(=O)OC(C)(C)C)CC1. The van der Waals surface area contributed by atoms with E-state index in [1.165, 1.54) is 4.90 Å². The molecule has 0 spiro atoms. The zero-order valence-electron chi connectivity index (χ0n) is 12.7. The maximum absolute atomic E-state index is 11.9. The molecule has 0 radical (unpaired) electrons. The lowest BCUT2D eigenvalue weighted by atomic mass is 9.78. The van der Waals surface area contributed by atoms with Crippen LogP contribution in [0.15, 0.2) is 0 Å². The van der Waals surface area contributed by atoms with Gasteiger partial charge in [-0.15, -0.1) is 0 Å². The number of likely N-dealkylation sites (tertiary alicyclic amines) is 1. The van der Waals surface area contributed by atoms with Crippen molar-refractivity contribution < 1.29 is 24.5 Å². The highest BCUT2D eigenvalue weighted by molar-refractivity contribution is 5.72. The van der Waals surface area contributed by atoms with E-state index in [2.05, 4.69) is 0 Å². The van der Waals surface area contributed by atoms with Crippen LogP contribution in [0.2, 0.25) is 0 Å². The van der Waals surface area contributed by atoms with Gasteiger partial charge < -0.3 is 19.8 Å². The Morgan fingerprint density at radius 3 is 2.15 bits per heavy atom. The number of amides is 1. The van der Waals surface area contributed by atoms with E-state index in [1.54, 1.807) is 27.7 Å². The van der Waals surface area contributed by atoms with Crippen molar-refractivity contribution in [3.63, 3.8) is 0 Å². The third-order valence-electron chi connectivity index (χ3n) is 3.64. The number of carbonyl (C=O) groups is 2. The predicted molar refractivity (Wildman–Crippen MR) is 73.4 cm³/mol. The monoisotopic (exact) mass is 287 g/mol. The Morgan fingerprint density at radius 1 is 1.30 bits per heavy atom. The number of piperidine rings is 1. The van der Waals surface area contributed by atoms with Crippen LogP contribution < -0.4 is 0 Å². The summed E-state index contributed by atoms with van der Waals surface area (Å²) in [4.78, 5) is 24.6. The highest BCUT2D eigenvalue weighted by atomic mass is 16.6. The Hall–Kier alpha value is -1.30. The Balaban J connectivity index is 2.63.